The quantitative estimate of drug-likeness (QED) is 0.448. The first-order valence-corrected chi connectivity index (χ1v) is 4.64. The fourth-order valence-electron chi connectivity index (χ4n) is 1.52. The van der Waals surface area contributed by atoms with Gasteiger partial charge in [-0.2, -0.15) is 0 Å². The third-order valence-corrected chi connectivity index (χ3v) is 2.26. The number of hydrogen-bond acceptors (Lipinski definition) is 1. The summed E-state index contributed by atoms with van der Waals surface area (Å²) in [7, 11) is 0. The van der Waals surface area contributed by atoms with Gasteiger partial charge in [0, 0.05) is 0 Å². The van der Waals surface area contributed by atoms with Crippen LogP contribution in [0.1, 0.15) is 40.0 Å². The molecule has 0 aromatic heterocycles. The number of allylic oxidation sites excluding steroid dienone is 1. The molecular weight excluding hydrogens is 136 g/mol. The van der Waals surface area contributed by atoms with Gasteiger partial charge in [0.1, 0.15) is 6.10 Å². The van der Waals surface area contributed by atoms with Crippen molar-refractivity contribution in [3.05, 3.63) is 11.6 Å². The molecule has 1 heterocycles. The van der Waals surface area contributed by atoms with Crippen molar-refractivity contribution in [2.45, 2.75) is 52.2 Å². The van der Waals surface area contributed by atoms with Crippen LogP contribution in [-0.4, -0.2) is 12.2 Å². The van der Waals surface area contributed by atoms with Gasteiger partial charge in [0.05, 0.1) is 6.10 Å². The standard InChI is InChI=1S/C10H18O/c1-4-7-8(5-2)10-9(6-3)11-10/h5,9-10H,4,6-7H2,1-3H3. The normalized spacial score (nSPS) is 30.6. The summed E-state index contributed by atoms with van der Waals surface area (Å²) in [5, 5.41) is 0. The maximum atomic E-state index is 5.50. The lowest BCUT2D eigenvalue weighted by Gasteiger charge is -1.98. The number of rotatable bonds is 4. The smallest absolute Gasteiger partial charge is 0.105 e. The van der Waals surface area contributed by atoms with Crippen LogP contribution in [0.2, 0.25) is 0 Å². The molecule has 0 spiro atoms. The van der Waals surface area contributed by atoms with Crippen molar-refractivity contribution in [1.29, 1.82) is 0 Å². The van der Waals surface area contributed by atoms with Crippen LogP contribution < -0.4 is 0 Å². The molecule has 0 radical (unpaired) electrons. The summed E-state index contributed by atoms with van der Waals surface area (Å²) in [6, 6.07) is 0. The summed E-state index contributed by atoms with van der Waals surface area (Å²) in [6.45, 7) is 6.51. The highest BCUT2D eigenvalue weighted by Gasteiger charge is 2.38. The Morgan fingerprint density at radius 2 is 2.18 bits per heavy atom. The molecule has 0 saturated carbocycles. The Hall–Kier alpha value is -0.300. The first-order valence-electron chi connectivity index (χ1n) is 4.64. The molecule has 1 fully saturated rings. The van der Waals surface area contributed by atoms with E-state index >= 15 is 0 Å². The van der Waals surface area contributed by atoms with E-state index in [-0.39, 0.29) is 0 Å². The third-order valence-electron chi connectivity index (χ3n) is 2.26. The fourth-order valence-corrected chi connectivity index (χ4v) is 1.52. The second kappa shape index (κ2) is 3.91. The van der Waals surface area contributed by atoms with Crippen molar-refractivity contribution >= 4 is 0 Å². The van der Waals surface area contributed by atoms with Gasteiger partial charge >= 0.3 is 0 Å². The second-order valence-electron chi connectivity index (χ2n) is 3.12. The minimum absolute atomic E-state index is 0.477. The van der Waals surface area contributed by atoms with E-state index in [0.29, 0.717) is 12.2 Å². The van der Waals surface area contributed by atoms with Gasteiger partial charge in [-0.05, 0) is 25.3 Å². The predicted molar refractivity (Wildman–Crippen MR) is 47.6 cm³/mol. The van der Waals surface area contributed by atoms with Crippen molar-refractivity contribution < 1.29 is 4.74 Å². The molecule has 1 aliphatic heterocycles. The average Bonchev–Trinajstić information content (AvgIpc) is 2.79. The summed E-state index contributed by atoms with van der Waals surface area (Å²) in [5.74, 6) is 0. The zero-order valence-corrected chi connectivity index (χ0v) is 7.76. The van der Waals surface area contributed by atoms with Crippen molar-refractivity contribution in [2.75, 3.05) is 0 Å². The molecule has 0 aliphatic carbocycles. The number of hydrogen-bond donors (Lipinski definition) is 0. The monoisotopic (exact) mass is 154 g/mol. The lowest BCUT2D eigenvalue weighted by molar-refractivity contribution is 0.377. The van der Waals surface area contributed by atoms with Gasteiger partial charge in [0.15, 0.2) is 0 Å². The molecule has 11 heavy (non-hydrogen) atoms. The van der Waals surface area contributed by atoms with Crippen molar-refractivity contribution in [3.63, 3.8) is 0 Å². The van der Waals surface area contributed by atoms with E-state index in [1.165, 1.54) is 18.4 Å². The van der Waals surface area contributed by atoms with E-state index in [2.05, 4.69) is 26.8 Å². The Kier molecular flexibility index (Phi) is 3.13. The van der Waals surface area contributed by atoms with Crippen LogP contribution in [0.4, 0.5) is 0 Å². The molecule has 1 nitrogen and oxygen atoms in total. The average molecular weight is 154 g/mol. The molecule has 2 unspecified atom stereocenters. The maximum absolute atomic E-state index is 5.50. The van der Waals surface area contributed by atoms with Crippen molar-refractivity contribution in [1.82, 2.24) is 0 Å². The topological polar surface area (TPSA) is 12.5 Å². The second-order valence-corrected chi connectivity index (χ2v) is 3.12. The van der Waals surface area contributed by atoms with Gasteiger partial charge in [-0.15, -0.1) is 0 Å². The van der Waals surface area contributed by atoms with Crippen molar-refractivity contribution in [3.8, 4) is 0 Å². The molecule has 0 aromatic carbocycles. The molecule has 0 amide bonds. The maximum Gasteiger partial charge on any atom is 0.105 e. The number of epoxide rings is 1. The summed E-state index contributed by atoms with van der Waals surface area (Å²) < 4.78 is 5.50. The highest BCUT2D eigenvalue weighted by atomic mass is 16.6. The Balaban J connectivity index is 2.34. The summed E-state index contributed by atoms with van der Waals surface area (Å²) >= 11 is 0. The highest BCUT2D eigenvalue weighted by molar-refractivity contribution is 5.15. The SMILES string of the molecule is CC=C(CCC)C1OC1CC. The molecule has 1 rings (SSSR count). The third kappa shape index (κ3) is 2.06. The van der Waals surface area contributed by atoms with E-state index in [0.717, 1.165) is 6.42 Å². The van der Waals surface area contributed by atoms with Gasteiger partial charge < -0.3 is 4.74 Å². The summed E-state index contributed by atoms with van der Waals surface area (Å²) in [4.78, 5) is 0. The van der Waals surface area contributed by atoms with Crippen LogP contribution in [-0.2, 0) is 4.74 Å². The molecule has 1 aliphatic rings. The lowest BCUT2D eigenvalue weighted by atomic mass is 10.0. The van der Waals surface area contributed by atoms with Gasteiger partial charge in [-0.1, -0.05) is 26.3 Å². The minimum Gasteiger partial charge on any atom is -0.365 e. The van der Waals surface area contributed by atoms with Crippen LogP contribution >= 0.6 is 0 Å². The van der Waals surface area contributed by atoms with Crippen molar-refractivity contribution in [2.24, 2.45) is 0 Å². The highest BCUT2D eigenvalue weighted by Crippen LogP contribution is 2.33. The Labute approximate surface area is 69.4 Å². The Morgan fingerprint density at radius 3 is 2.55 bits per heavy atom. The molecular formula is C10H18O. The first kappa shape index (κ1) is 8.79. The van der Waals surface area contributed by atoms with E-state index in [4.69, 9.17) is 4.74 Å². The van der Waals surface area contributed by atoms with Crippen LogP contribution in [0.15, 0.2) is 11.6 Å². The van der Waals surface area contributed by atoms with Gasteiger partial charge in [-0.25, -0.2) is 0 Å². The van der Waals surface area contributed by atoms with E-state index in [9.17, 15) is 0 Å². The Bertz CT molecular complexity index is 149. The molecule has 2 atom stereocenters. The summed E-state index contributed by atoms with van der Waals surface area (Å²) in [6.07, 6.45) is 6.82. The van der Waals surface area contributed by atoms with Crippen LogP contribution in [0, 0.1) is 0 Å². The molecule has 1 heteroatoms. The van der Waals surface area contributed by atoms with E-state index < -0.39 is 0 Å². The van der Waals surface area contributed by atoms with E-state index in [1.807, 2.05) is 0 Å². The first-order chi connectivity index (χ1) is 5.33. The van der Waals surface area contributed by atoms with Crippen LogP contribution in [0.5, 0.6) is 0 Å². The van der Waals surface area contributed by atoms with Gasteiger partial charge in [0.2, 0.25) is 0 Å². The lowest BCUT2D eigenvalue weighted by Crippen LogP contribution is -1.96. The predicted octanol–water partition coefficient (Wildman–Crippen LogP) is 2.91. The Morgan fingerprint density at radius 1 is 1.45 bits per heavy atom. The molecule has 1 saturated heterocycles. The van der Waals surface area contributed by atoms with Crippen LogP contribution in [0.25, 0.3) is 0 Å². The molecule has 0 aromatic rings. The molecule has 64 valence electrons. The molecule has 0 bridgehead atoms. The minimum atomic E-state index is 0.477. The molecule has 0 N–H and O–H groups in total. The van der Waals surface area contributed by atoms with Crippen LogP contribution in [0.3, 0.4) is 0 Å². The number of ether oxygens (including phenoxy) is 1. The van der Waals surface area contributed by atoms with Gasteiger partial charge in [0.25, 0.3) is 0 Å². The summed E-state index contributed by atoms with van der Waals surface area (Å²) in [5.41, 5.74) is 1.50. The van der Waals surface area contributed by atoms with E-state index in [1.54, 1.807) is 0 Å². The zero-order chi connectivity index (χ0) is 8.27. The zero-order valence-electron chi connectivity index (χ0n) is 7.76. The van der Waals surface area contributed by atoms with Gasteiger partial charge in [-0.3, -0.25) is 0 Å². The fraction of sp³-hybridized carbons (Fsp3) is 0.800. The largest absolute Gasteiger partial charge is 0.365 e.